The van der Waals surface area contributed by atoms with Gasteiger partial charge in [0.05, 0.1) is 18.1 Å². The van der Waals surface area contributed by atoms with Gasteiger partial charge in [0.15, 0.2) is 0 Å². The van der Waals surface area contributed by atoms with E-state index in [0.717, 1.165) is 12.1 Å². The first-order chi connectivity index (χ1) is 14.7. The van der Waals surface area contributed by atoms with Crippen molar-refractivity contribution in [2.24, 2.45) is 0 Å². The lowest BCUT2D eigenvalue weighted by Gasteiger charge is -2.40. The SMILES string of the molecule is CCN1CCC(N2c3cc(-n4nccn4)ccc3CC2C)CC1.Fc1ccccc1. The molecular formula is C24H30FN5. The van der Waals surface area contributed by atoms with E-state index in [2.05, 4.69) is 52.0 Å². The molecule has 3 heterocycles. The van der Waals surface area contributed by atoms with Crippen molar-refractivity contribution < 1.29 is 4.39 Å². The highest BCUT2D eigenvalue weighted by atomic mass is 19.1. The molecule has 5 nitrogen and oxygen atoms in total. The Morgan fingerprint density at radius 2 is 1.70 bits per heavy atom. The normalized spacial score (nSPS) is 19.3. The summed E-state index contributed by atoms with van der Waals surface area (Å²) in [6.07, 6.45) is 7.14. The molecule has 30 heavy (non-hydrogen) atoms. The van der Waals surface area contributed by atoms with Crippen LogP contribution in [0.15, 0.2) is 60.9 Å². The molecule has 3 aromatic rings. The second-order valence-corrected chi connectivity index (χ2v) is 8.05. The van der Waals surface area contributed by atoms with Crippen molar-refractivity contribution in [3.63, 3.8) is 0 Å². The van der Waals surface area contributed by atoms with Gasteiger partial charge >= 0.3 is 0 Å². The Labute approximate surface area is 178 Å². The minimum atomic E-state index is -0.178. The number of nitrogens with zero attached hydrogens (tertiary/aromatic N) is 5. The maximum Gasteiger partial charge on any atom is 0.123 e. The lowest BCUT2D eigenvalue weighted by atomic mass is 10.0. The topological polar surface area (TPSA) is 37.2 Å². The van der Waals surface area contributed by atoms with Crippen molar-refractivity contribution in [1.82, 2.24) is 19.9 Å². The first kappa shape index (κ1) is 20.5. The van der Waals surface area contributed by atoms with Crippen LogP contribution in [-0.2, 0) is 6.42 Å². The van der Waals surface area contributed by atoms with Gasteiger partial charge in [-0.2, -0.15) is 15.0 Å². The van der Waals surface area contributed by atoms with Crippen molar-refractivity contribution >= 4 is 5.69 Å². The summed E-state index contributed by atoms with van der Waals surface area (Å²) in [7, 11) is 0. The van der Waals surface area contributed by atoms with Crippen LogP contribution >= 0.6 is 0 Å². The van der Waals surface area contributed by atoms with E-state index >= 15 is 0 Å². The van der Waals surface area contributed by atoms with Gasteiger partial charge in [-0.25, -0.2) is 4.39 Å². The van der Waals surface area contributed by atoms with Gasteiger partial charge in [-0.05, 0) is 62.6 Å². The molecule has 2 aromatic carbocycles. The van der Waals surface area contributed by atoms with Crippen molar-refractivity contribution in [3.8, 4) is 5.69 Å². The number of rotatable bonds is 3. The van der Waals surface area contributed by atoms with Crippen LogP contribution in [-0.4, -0.2) is 51.6 Å². The molecule has 0 aliphatic carbocycles. The van der Waals surface area contributed by atoms with Crippen LogP contribution in [0.25, 0.3) is 5.69 Å². The van der Waals surface area contributed by atoms with Gasteiger partial charge in [0, 0.05) is 30.9 Å². The summed E-state index contributed by atoms with van der Waals surface area (Å²) in [6, 6.07) is 15.8. The molecule has 1 aromatic heterocycles. The molecule has 0 bridgehead atoms. The average molecular weight is 408 g/mol. The molecule has 0 radical (unpaired) electrons. The summed E-state index contributed by atoms with van der Waals surface area (Å²) in [4.78, 5) is 6.93. The first-order valence-electron chi connectivity index (χ1n) is 10.9. The van der Waals surface area contributed by atoms with Gasteiger partial charge in [-0.3, -0.25) is 0 Å². The van der Waals surface area contributed by atoms with Gasteiger partial charge in [-0.1, -0.05) is 31.2 Å². The Bertz CT molecular complexity index is 920. The summed E-state index contributed by atoms with van der Waals surface area (Å²) in [5.41, 5.74) is 3.91. The third kappa shape index (κ3) is 4.54. The average Bonchev–Trinajstić information content (AvgIpc) is 3.42. The van der Waals surface area contributed by atoms with E-state index in [4.69, 9.17) is 0 Å². The minimum absolute atomic E-state index is 0.178. The second-order valence-electron chi connectivity index (χ2n) is 8.05. The Kier molecular flexibility index (Phi) is 6.43. The predicted molar refractivity (Wildman–Crippen MR) is 119 cm³/mol. The molecule has 0 spiro atoms. The fraction of sp³-hybridized carbons (Fsp3) is 0.417. The van der Waals surface area contributed by atoms with Crippen molar-refractivity contribution in [2.45, 2.75) is 45.2 Å². The van der Waals surface area contributed by atoms with E-state index in [-0.39, 0.29) is 5.82 Å². The molecule has 2 aliphatic heterocycles. The van der Waals surface area contributed by atoms with Gasteiger partial charge < -0.3 is 9.80 Å². The van der Waals surface area contributed by atoms with Gasteiger partial charge in [0.2, 0.25) is 0 Å². The molecule has 158 valence electrons. The maximum atomic E-state index is 11.9. The Balaban J connectivity index is 0.000000265. The number of halogens is 1. The molecule has 1 saturated heterocycles. The van der Waals surface area contributed by atoms with Crippen molar-refractivity contribution in [1.29, 1.82) is 0 Å². The van der Waals surface area contributed by atoms with Crippen molar-refractivity contribution in [2.75, 3.05) is 24.5 Å². The molecule has 5 rings (SSSR count). The number of hydrogen-bond donors (Lipinski definition) is 0. The van der Waals surface area contributed by atoms with Crippen LogP contribution in [0.4, 0.5) is 10.1 Å². The first-order valence-corrected chi connectivity index (χ1v) is 10.9. The minimum Gasteiger partial charge on any atom is -0.365 e. The summed E-state index contributed by atoms with van der Waals surface area (Å²) in [6.45, 7) is 8.24. The van der Waals surface area contributed by atoms with Gasteiger partial charge in [-0.15, -0.1) is 0 Å². The van der Waals surface area contributed by atoms with Crippen LogP contribution in [0.3, 0.4) is 0 Å². The molecular weight excluding hydrogens is 377 g/mol. The lowest BCUT2D eigenvalue weighted by molar-refractivity contribution is 0.216. The number of likely N-dealkylation sites (tertiary alicyclic amines) is 1. The summed E-state index contributed by atoms with van der Waals surface area (Å²) in [5, 5.41) is 8.54. The largest absolute Gasteiger partial charge is 0.365 e. The van der Waals surface area contributed by atoms with Crippen molar-refractivity contribution in [3.05, 3.63) is 72.3 Å². The standard InChI is InChI=1S/C18H25N5.C6H5F/c1-3-21-10-6-16(7-11-21)22-14(2)12-15-4-5-17(13-18(15)22)23-19-8-9-20-23;7-6-4-2-1-3-5-6/h4-5,8-9,13-14,16H,3,6-7,10-12H2,1-2H3;1-5H. The number of piperidine rings is 1. The van der Waals surface area contributed by atoms with Crippen LogP contribution in [0.5, 0.6) is 0 Å². The zero-order valence-corrected chi connectivity index (χ0v) is 17.8. The highest BCUT2D eigenvalue weighted by molar-refractivity contribution is 5.64. The van der Waals surface area contributed by atoms with Crippen LogP contribution < -0.4 is 4.90 Å². The molecule has 6 heteroatoms. The molecule has 0 N–H and O–H groups in total. The number of aromatic nitrogens is 3. The zero-order valence-electron chi connectivity index (χ0n) is 17.8. The third-order valence-corrected chi connectivity index (χ3v) is 6.12. The number of anilines is 1. The number of fused-ring (bicyclic) bond motifs is 1. The molecule has 0 amide bonds. The van der Waals surface area contributed by atoms with E-state index < -0.39 is 0 Å². The van der Waals surface area contributed by atoms with Gasteiger partial charge in [0.1, 0.15) is 5.82 Å². The number of hydrogen-bond acceptors (Lipinski definition) is 4. The zero-order chi connectivity index (χ0) is 20.9. The van der Waals surface area contributed by atoms with Crippen LogP contribution in [0, 0.1) is 5.82 Å². The van der Waals surface area contributed by atoms with E-state index in [1.807, 2.05) is 0 Å². The molecule has 2 aliphatic rings. The van der Waals surface area contributed by atoms with E-state index in [9.17, 15) is 4.39 Å². The van der Waals surface area contributed by atoms with Crippen LogP contribution in [0.2, 0.25) is 0 Å². The van der Waals surface area contributed by atoms with E-state index in [1.54, 1.807) is 35.4 Å². The molecule has 1 atom stereocenters. The Hall–Kier alpha value is -2.73. The van der Waals surface area contributed by atoms with E-state index in [0.29, 0.717) is 12.1 Å². The highest BCUT2D eigenvalue weighted by Crippen LogP contribution is 2.37. The molecule has 1 unspecified atom stereocenters. The monoisotopic (exact) mass is 407 g/mol. The Morgan fingerprint density at radius 1 is 1.00 bits per heavy atom. The fourth-order valence-corrected chi connectivity index (χ4v) is 4.58. The predicted octanol–water partition coefficient (Wildman–Crippen LogP) is 4.33. The Morgan fingerprint density at radius 3 is 2.30 bits per heavy atom. The van der Waals surface area contributed by atoms with Gasteiger partial charge in [0.25, 0.3) is 0 Å². The lowest BCUT2D eigenvalue weighted by Crippen LogP contribution is -2.47. The van der Waals surface area contributed by atoms with E-state index in [1.165, 1.54) is 55.9 Å². The third-order valence-electron chi connectivity index (χ3n) is 6.12. The maximum absolute atomic E-state index is 11.9. The quantitative estimate of drug-likeness (QED) is 0.648. The summed E-state index contributed by atoms with van der Waals surface area (Å²) >= 11 is 0. The van der Waals surface area contributed by atoms with Crippen LogP contribution in [0.1, 0.15) is 32.3 Å². The summed E-state index contributed by atoms with van der Waals surface area (Å²) in [5.74, 6) is -0.178. The summed E-state index contributed by atoms with van der Waals surface area (Å²) < 4.78 is 11.9. The number of benzene rings is 2. The molecule has 0 saturated carbocycles. The smallest absolute Gasteiger partial charge is 0.123 e. The fourth-order valence-electron chi connectivity index (χ4n) is 4.58. The molecule has 1 fully saturated rings. The highest BCUT2D eigenvalue weighted by Gasteiger charge is 2.33. The second kappa shape index (κ2) is 9.39.